The first-order valence-electron chi connectivity index (χ1n) is 6.36. The van der Waals surface area contributed by atoms with Gasteiger partial charge in [0.1, 0.15) is 11.5 Å². The maximum absolute atomic E-state index is 6.32. The molecule has 0 aliphatic heterocycles. The summed E-state index contributed by atoms with van der Waals surface area (Å²) in [6.45, 7) is 8.22. The van der Waals surface area contributed by atoms with Gasteiger partial charge in [0.25, 0.3) is 0 Å². The number of aryl methyl sites for hydroxylation is 4. The Morgan fingerprint density at radius 3 is 2.22 bits per heavy atom. The molecule has 0 aliphatic rings. The van der Waals surface area contributed by atoms with Gasteiger partial charge in [-0.1, -0.05) is 18.2 Å². The van der Waals surface area contributed by atoms with Crippen LogP contribution in [0.3, 0.4) is 0 Å². The van der Waals surface area contributed by atoms with E-state index in [1.54, 1.807) is 0 Å². The lowest BCUT2D eigenvalue weighted by molar-refractivity contribution is 0.497. The Kier molecular flexibility index (Phi) is 3.58. The van der Waals surface area contributed by atoms with Crippen LogP contribution >= 0.6 is 0 Å². The summed E-state index contributed by atoms with van der Waals surface area (Å²) in [4.78, 5) is 0. The highest BCUT2D eigenvalue weighted by Crippen LogP contribution is 2.25. The van der Waals surface area contributed by atoms with Crippen LogP contribution < -0.4 is 5.73 Å². The average molecular weight is 243 g/mol. The van der Waals surface area contributed by atoms with Crippen molar-refractivity contribution < 1.29 is 4.42 Å². The van der Waals surface area contributed by atoms with Gasteiger partial charge in [0.2, 0.25) is 0 Å². The summed E-state index contributed by atoms with van der Waals surface area (Å²) in [5, 5.41) is 0. The minimum Gasteiger partial charge on any atom is -0.466 e. The second-order valence-corrected chi connectivity index (χ2v) is 5.05. The SMILES string of the molecule is Cc1cc(C(N)Cc2c(C)cccc2C)c(C)o1. The van der Waals surface area contributed by atoms with Gasteiger partial charge >= 0.3 is 0 Å². The standard InChI is InChI=1S/C16H21NO/c1-10-6-5-7-11(2)14(10)9-16(17)15-8-12(3)18-13(15)4/h5-8,16H,9,17H2,1-4H3. The molecule has 2 heteroatoms. The quantitative estimate of drug-likeness (QED) is 0.891. The fourth-order valence-corrected chi connectivity index (χ4v) is 2.52. The van der Waals surface area contributed by atoms with Gasteiger partial charge < -0.3 is 10.2 Å². The molecule has 18 heavy (non-hydrogen) atoms. The molecule has 0 saturated carbocycles. The van der Waals surface area contributed by atoms with E-state index in [9.17, 15) is 0 Å². The van der Waals surface area contributed by atoms with Crippen molar-refractivity contribution in [3.63, 3.8) is 0 Å². The zero-order valence-electron chi connectivity index (χ0n) is 11.6. The zero-order chi connectivity index (χ0) is 13.3. The van der Waals surface area contributed by atoms with Crippen molar-refractivity contribution >= 4 is 0 Å². The van der Waals surface area contributed by atoms with E-state index in [1.165, 1.54) is 16.7 Å². The van der Waals surface area contributed by atoms with Crippen molar-refractivity contribution in [2.45, 2.75) is 40.2 Å². The fraction of sp³-hybridized carbons (Fsp3) is 0.375. The number of furan rings is 1. The van der Waals surface area contributed by atoms with Crippen LogP contribution in [0.1, 0.15) is 39.8 Å². The minimum atomic E-state index is 0.00208. The lowest BCUT2D eigenvalue weighted by atomic mass is 9.93. The predicted octanol–water partition coefficient (Wildman–Crippen LogP) is 3.76. The molecule has 2 rings (SSSR count). The second-order valence-electron chi connectivity index (χ2n) is 5.05. The summed E-state index contributed by atoms with van der Waals surface area (Å²) in [5.41, 5.74) is 11.4. The smallest absolute Gasteiger partial charge is 0.105 e. The van der Waals surface area contributed by atoms with Crippen LogP contribution in [0.25, 0.3) is 0 Å². The van der Waals surface area contributed by atoms with Gasteiger partial charge in [-0.15, -0.1) is 0 Å². The monoisotopic (exact) mass is 243 g/mol. The zero-order valence-corrected chi connectivity index (χ0v) is 11.6. The summed E-state index contributed by atoms with van der Waals surface area (Å²) in [6, 6.07) is 8.42. The van der Waals surface area contributed by atoms with Crippen LogP contribution in [0, 0.1) is 27.7 Å². The van der Waals surface area contributed by atoms with E-state index in [4.69, 9.17) is 10.2 Å². The van der Waals surface area contributed by atoms with Gasteiger partial charge in [0.15, 0.2) is 0 Å². The van der Waals surface area contributed by atoms with Crippen molar-refractivity contribution in [1.82, 2.24) is 0 Å². The summed E-state index contributed by atoms with van der Waals surface area (Å²) >= 11 is 0. The van der Waals surface area contributed by atoms with Crippen LogP contribution in [-0.4, -0.2) is 0 Å². The first-order valence-corrected chi connectivity index (χ1v) is 6.36. The van der Waals surface area contributed by atoms with E-state index in [1.807, 2.05) is 19.9 Å². The second kappa shape index (κ2) is 4.99. The van der Waals surface area contributed by atoms with Crippen LogP contribution in [0.4, 0.5) is 0 Å². The van der Waals surface area contributed by atoms with E-state index < -0.39 is 0 Å². The highest BCUT2D eigenvalue weighted by atomic mass is 16.3. The molecule has 2 nitrogen and oxygen atoms in total. The predicted molar refractivity (Wildman–Crippen MR) is 74.7 cm³/mol. The maximum Gasteiger partial charge on any atom is 0.105 e. The Hall–Kier alpha value is -1.54. The number of hydrogen-bond acceptors (Lipinski definition) is 2. The summed E-state index contributed by atoms with van der Waals surface area (Å²) in [5.74, 6) is 1.87. The number of benzene rings is 1. The van der Waals surface area contributed by atoms with Crippen LogP contribution in [0.5, 0.6) is 0 Å². The summed E-state index contributed by atoms with van der Waals surface area (Å²) < 4.78 is 5.55. The molecule has 0 radical (unpaired) electrons. The molecular formula is C16H21NO. The molecule has 1 atom stereocenters. The summed E-state index contributed by atoms with van der Waals surface area (Å²) in [7, 11) is 0. The minimum absolute atomic E-state index is 0.00208. The van der Waals surface area contributed by atoms with Crippen molar-refractivity contribution in [2.75, 3.05) is 0 Å². The van der Waals surface area contributed by atoms with Crippen molar-refractivity contribution in [1.29, 1.82) is 0 Å². The van der Waals surface area contributed by atoms with Crippen LogP contribution in [0.2, 0.25) is 0 Å². The Morgan fingerprint density at radius 1 is 1.11 bits per heavy atom. The Bertz CT molecular complexity index is 534. The van der Waals surface area contributed by atoms with E-state index in [0.29, 0.717) is 0 Å². The molecule has 0 aliphatic carbocycles. The maximum atomic E-state index is 6.32. The van der Waals surface area contributed by atoms with Gasteiger partial charge in [-0.25, -0.2) is 0 Å². The molecular weight excluding hydrogens is 222 g/mol. The molecule has 2 N–H and O–H groups in total. The molecule has 0 saturated heterocycles. The van der Waals surface area contributed by atoms with Gasteiger partial charge in [-0.2, -0.15) is 0 Å². The first kappa shape index (κ1) is 12.9. The summed E-state index contributed by atoms with van der Waals surface area (Å²) in [6.07, 6.45) is 0.859. The van der Waals surface area contributed by atoms with E-state index in [0.717, 1.165) is 23.5 Å². The normalized spacial score (nSPS) is 12.7. The van der Waals surface area contributed by atoms with Crippen LogP contribution in [0.15, 0.2) is 28.7 Å². The Balaban J connectivity index is 2.26. The number of nitrogens with two attached hydrogens (primary N) is 1. The Morgan fingerprint density at radius 2 is 1.72 bits per heavy atom. The van der Waals surface area contributed by atoms with E-state index in [-0.39, 0.29) is 6.04 Å². The first-order chi connectivity index (χ1) is 8.49. The van der Waals surface area contributed by atoms with Crippen molar-refractivity contribution in [3.05, 3.63) is 58.0 Å². The highest BCUT2D eigenvalue weighted by Gasteiger charge is 2.15. The van der Waals surface area contributed by atoms with Gasteiger partial charge in [0, 0.05) is 11.6 Å². The topological polar surface area (TPSA) is 39.2 Å². The molecule has 0 amide bonds. The molecule has 1 heterocycles. The number of rotatable bonds is 3. The van der Waals surface area contributed by atoms with E-state index in [2.05, 4.69) is 32.0 Å². The lowest BCUT2D eigenvalue weighted by Crippen LogP contribution is -2.15. The molecule has 0 bridgehead atoms. The third-order valence-corrected chi connectivity index (χ3v) is 3.55. The lowest BCUT2D eigenvalue weighted by Gasteiger charge is -2.15. The van der Waals surface area contributed by atoms with Crippen molar-refractivity contribution in [3.8, 4) is 0 Å². The molecule has 0 fully saturated rings. The van der Waals surface area contributed by atoms with Gasteiger partial charge in [-0.3, -0.25) is 0 Å². The molecule has 96 valence electrons. The molecule has 1 unspecified atom stereocenters. The van der Waals surface area contributed by atoms with Crippen LogP contribution in [-0.2, 0) is 6.42 Å². The third kappa shape index (κ3) is 2.49. The molecule has 2 aromatic rings. The fourth-order valence-electron chi connectivity index (χ4n) is 2.52. The molecule has 1 aromatic carbocycles. The van der Waals surface area contributed by atoms with Crippen molar-refractivity contribution in [2.24, 2.45) is 5.73 Å². The number of hydrogen-bond donors (Lipinski definition) is 1. The largest absolute Gasteiger partial charge is 0.466 e. The van der Waals surface area contributed by atoms with Gasteiger partial charge in [-0.05, 0) is 56.9 Å². The highest BCUT2D eigenvalue weighted by molar-refractivity contribution is 5.36. The average Bonchev–Trinajstić information content (AvgIpc) is 2.63. The van der Waals surface area contributed by atoms with E-state index >= 15 is 0 Å². The molecule has 0 spiro atoms. The van der Waals surface area contributed by atoms with Gasteiger partial charge in [0.05, 0.1) is 0 Å². The Labute approximate surface area is 109 Å². The molecule has 1 aromatic heterocycles. The third-order valence-electron chi connectivity index (χ3n) is 3.55.